The standard InChI is InChI=1S/C17H18N4O3S/c1-8-11(16(22)24-3)12(9-4-6-10(23-2)7-5-9)13-14(18)20-17(25)21-15(13)19-8/h4-7,12H,1-3H3,(H4,18,19,20,21,25). The Bertz CT molecular complexity index is 918. The second-order valence-corrected chi connectivity index (χ2v) is 5.97. The number of methoxy groups -OCH3 is 2. The molecule has 1 aromatic heterocycles. The fraction of sp³-hybridized carbons (Fsp3) is 0.235. The predicted octanol–water partition coefficient (Wildman–Crippen LogP) is 2.73. The number of fused-ring (bicyclic) bond motifs is 1. The number of H-pyrrole nitrogens is 1. The van der Waals surface area contributed by atoms with Crippen molar-refractivity contribution in [2.24, 2.45) is 0 Å². The van der Waals surface area contributed by atoms with Crippen LogP contribution in [0.15, 0.2) is 35.5 Å². The summed E-state index contributed by atoms with van der Waals surface area (Å²) in [5, 5.41) is 3.11. The normalized spacial score (nSPS) is 16.0. The highest BCUT2D eigenvalue weighted by Crippen LogP contribution is 2.43. The molecule has 1 aliphatic rings. The topological polar surface area (TPSA) is 102 Å². The lowest BCUT2D eigenvalue weighted by molar-refractivity contribution is -0.136. The van der Waals surface area contributed by atoms with Crippen molar-refractivity contribution in [1.29, 1.82) is 0 Å². The van der Waals surface area contributed by atoms with Crippen molar-refractivity contribution < 1.29 is 14.3 Å². The largest absolute Gasteiger partial charge is 0.497 e. The minimum Gasteiger partial charge on any atom is -0.497 e. The van der Waals surface area contributed by atoms with Gasteiger partial charge in [0, 0.05) is 11.3 Å². The van der Waals surface area contributed by atoms with Crippen LogP contribution in [-0.4, -0.2) is 30.2 Å². The van der Waals surface area contributed by atoms with Crippen molar-refractivity contribution >= 4 is 29.8 Å². The van der Waals surface area contributed by atoms with Gasteiger partial charge in [-0.05, 0) is 36.8 Å². The average molecular weight is 358 g/mol. The second kappa shape index (κ2) is 6.56. The highest BCUT2D eigenvalue weighted by atomic mass is 32.1. The molecular weight excluding hydrogens is 340 g/mol. The van der Waals surface area contributed by atoms with Crippen LogP contribution < -0.4 is 15.8 Å². The van der Waals surface area contributed by atoms with Gasteiger partial charge in [-0.15, -0.1) is 0 Å². The SMILES string of the molecule is COC(=O)C1=C(C)Nc2nc(=S)[nH]c(N)c2C1c1ccc(OC)cc1. The maximum atomic E-state index is 12.4. The van der Waals surface area contributed by atoms with E-state index in [1.807, 2.05) is 24.3 Å². The fourth-order valence-corrected chi connectivity index (χ4v) is 3.20. The summed E-state index contributed by atoms with van der Waals surface area (Å²) >= 11 is 5.10. The molecular formula is C17H18N4O3S. The molecule has 1 aliphatic heterocycles. The van der Waals surface area contributed by atoms with Gasteiger partial charge in [-0.25, -0.2) is 9.78 Å². The van der Waals surface area contributed by atoms with E-state index >= 15 is 0 Å². The number of carbonyl (C=O) groups is 1. The lowest BCUT2D eigenvalue weighted by atomic mass is 9.82. The second-order valence-electron chi connectivity index (χ2n) is 5.58. The van der Waals surface area contributed by atoms with Crippen molar-refractivity contribution in [2.45, 2.75) is 12.8 Å². The number of aromatic amines is 1. The fourth-order valence-electron chi connectivity index (χ4n) is 3.00. The Morgan fingerprint density at radius 2 is 1.96 bits per heavy atom. The van der Waals surface area contributed by atoms with Gasteiger partial charge in [0.05, 0.1) is 25.7 Å². The Morgan fingerprint density at radius 1 is 1.28 bits per heavy atom. The first kappa shape index (κ1) is 17.0. The molecule has 7 nitrogen and oxygen atoms in total. The number of nitrogen functional groups attached to an aromatic ring is 1. The van der Waals surface area contributed by atoms with Crippen LogP contribution in [-0.2, 0) is 9.53 Å². The Kier molecular flexibility index (Phi) is 4.45. The molecule has 0 fully saturated rings. The maximum absolute atomic E-state index is 12.4. The number of esters is 1. The molecule has 3 rings (SSSR count). The van der Waals surface area contributed by atoms with E-state index in [2.05, 4.69) is 15.3 Å². The molecule has 2 aromatic rings. The summed E-state index contributed by atoms with van der Waals surface area (Å²) in [5.74, 6) is 0.744. The number of nitrogens with two attached hydrogens (primary N) is 1. The summed E-state index contributed by atoms with van der Waals surface area (Å²) < 4.78 is 10.5. The van der Waals surface area contributed by atoms with Gasteiger partial charge in [0.25, 0.3) is 0 Å². The van der Waals surface area contributed by atoms with E-state index in [-0.39, 0.29) is 4.77 Å². The van der Waals surface area contributed by atoms with Gasteiger partial charge in [-0.1, -0.05) is 12.1 Å². The number of nitrogens with one attached hydrogen (secondary N) is 2. The lowest BCUT2D eigenvalue weighted by Gasteiger charge is -2.29. The van der Waals surface area contributed by atoms with E-state index in [0.717, 1.165) is 11.3 Å². The van der Waals surface area contributed by atoms with Crippen molar-refractivity contribution in [1.82, 2.24) is 9.97 Å². The van der Waals surface area contributed by atoms with Gasteiger partial charge >= 0.3 is 5.97 Å². The van der Waals surface area contributed by atoms with E-state index in [1.54, 1.807) is 14.0 Å². The molecule has 1 atom stereocenters. The maximum Gasteiger partial charge on any atom is 0.336 e. The van der Waals surface area contributed by atoms with Crippen molar-refractivity contribution in [2.75, 3.05) is 25.3 Å². The van der Waals surface area contributed by atoms with Gasteiger partial charge in [0.2, 0.25) is 0 Å². The third-order valence-corrected chi connectivity index (χ3v) is 4.34. The van der Waals surface area contributed by atoms with E-state index < -0.39 is 11.9 Å². The van der Waals surface area contributed by atoms with Gasteiger partial charge in [0.15, 0.2) is 4.77 Å². The molecule has 8 heteroatoms. The zero-order valence-corrected chi connectivity index (χ0v) is 14.9. The number of aromatic nitrogens is 2. The van der Waals surface area contributed by atoms with Gasteiger partial charge in [0.1, 0.15) is 17.4 Å². The predicted molar refractivity (Wildman–Crippen MR) is 97.0 cm³/mol. The third kappa shape index (κ3) is 2.96. The smallest absolute Gasteiger partial charge is 0.336 e. The van der Waals surface area contributed by atoms with Crippen LogP contribution in [0.4, 0.5) is 11.6 Å². The molecule has 130 valence electrons. The molecule has 0 spiro atoms. The summed E-state index contributed by atoms with van der Waals surface area (Å²) in [6.45, 7) is 1.79. The van der Waals surface area contributed by atoms with Crippen LogP contribution in [0.3, 0.4) is 0 Å². The van der Waals surface area contributed by atoms with Gasteiger partial charge in [-0.3, -0.25) is 0 Å². The van der Waals surface area contributed by atoms with E-state index in [4.69, 9.17) is 27.4 Å². The summed E-state index contributed by atoms with van der Waals surface area (Å²) in [6.07, 6.45) is 0. The monoisotopic (exact) mass is 358 g/mol. The third-order valence-electron chi connectivity index (χ3n) is 4.14. The first-order valence-corrected chi connectivity index (χ1v) is 7.96. The molecule has 4 N–H and O–H groups in total. The molecule has 0 saturated heterocycles. The van der Waals surface area contributed by atoms with E-state index in [0.29, 0.717) is 28.5 Å². The zero-order valence-electron chi connectivity index (χ0n) is 14.0. The number of hydrogen-bond acceptors (Lipinski definition) is 7. The van der Waals surface area contributed by atoms with Crippen LogP contribution >= 0.6 is 12.2 Å². The van der Waals surface area contributed by atoms with Crippen LogP contribution in [0.5, 0.6) is 5.75 Å². The Morgan fingerprint density at radius 3 is 2.56 bits per heavy atom. The minimum atomic E-state index is -0.436. The van der Waals surface area contributed by atoms with Crippen molar-refractivity contribution in [3.8, 4) is 5.75 Å². The number of allylic oxidation sites excluding steroid dienone is 1. The number of hydrogen-bond donors (Lipinski definition) is 3. The molecule has 1 aromatic carbocycles. The zero-order chi connectivity index (χ0) is 18.1. The number of rotatable bonds is 3. The lowest BCUT2D eigenvalue weighted by Crippen LogP contribution is -2.26. The molecule has 25 heavy (non-hydrogen) atoms. The summed E-state index contributed by atoms with van der Waals surface area (Å²) in [5.41, 5.74) is 8.81. The van der Waals surface area contributed by atoms with Gasteiger partial charge < -0.3 is 25.5 Å². The molecule has 0 aliphatic carbocycles. The minimum absolute atomic E-state index is 0.270. The molecule has 2 heterocycles. The molecule has 1 unspecified atom stereocenters. The van der Waals surface area contributed by atoms with Crippen LogP contribution in [0.25, 0.3) is 0 Å². The van der Waals surface area contributed by atoms with Crippen LogP contribution in [0.1, 0.15) is 24.0 Å². The summed E-state index contributed by atoms with van der Waals surface area (Å²) in [4.78, 5) is 19.6. The molecule has 0 radical (unpaired) electrons. The van der Waals surface area contributed by atoms with E-state index in [1.165, 1.54) is 7.11 Å². The number of benzene rings is 1. The number of anilines is 2. The van der Waals surface area contributed by atoms with Crippen LogP contribution in [0, 0.1) is 4.77 Å². The summed E-state index contributed by atoms with van der Waals surface area (Å²) in [7, 11) is 2.95. The Balaban J connectivity index is 2.26. The Hall–Kier alpha value is -2.87. The van der Waals surface area contributed by atoms with E-state index in [9.17, 15) is 4.79 Å². The molecule has 0 saturated carbocycles. The number of ether oxygens (including phenoxy) is 2. The highest BCUT2D eigenvalue weighted by molar-refractivity contribution is 7.71. The first-order valence-electron chi connectivity index (χ1n) is 7.56. The number of carbonyl (C=O) groups excluding carboxylic acids is 1. The van der Waals surface area contributed by atoms with Crippen molar-refractivity contribution in [3.63, 3.8) is 0 Å². The quantitative estimate of drug-likeness (QED) is 0.573. The van der Waals surface area contributed by atoms with Crippen molar-refractivity contribution in [3.05, 3.63) is 51.4 Å². The van der Waals surface area contributed by atoms with Gasteiger partial charge in [-0.2, -0.15) is 0 Å². The average Bonchev–Trinajstić information content (AvgIpc) is 2.59. The Labute approximate surface area is 149 Å². The number of nitrogens with zero attached hydrogens (tertiary/aromatic N) is 1. The first-order chi connectivity index (χ1) is 12.0. The van der Waals surface area contributed by atoms with Crippen LogP contribution in [0.2, 0.25) is 0 Å². The summed E-state index contributed by atoms with van der Waals surface area (Å²) in [6, 6.07) is 7.43. The molecule has 0 amide bonds. The highest BCUT2D eigenvalue weighted by Gasteiger charge is 2.35. The molecule has 0 bridgehead atoms.